The Kier molecular flexibility index (Phi) is 4.25. The molecule has 2 bridgehead atoms. The summed E-state index contributed by atoms with van der Waals surface area (Å²) in [7, 11) is 0. The van der Waals surface area contributed by atoms with Gasteiger partial charge in [-0.2, -0.15) is 5.10 Å². The lowest BCUT2D eigenvalue weighted by Crippen LogP contribution is -2.55. The fourth-order valence-corrected chi connectivity index (χ4v) is 4.52. The first-order valence-electron chi connectivity index (χ1n) is 9.26. The van der Waals surface area contributed by atoms with Gasteiger partial charge in [0.25, 0.3) is 0 Å². The van der Waals surface area contributed by atoms with Crippen molar-refractivity contribution in [2.75, 3.05) is 19.6 Å². The maximum absolute atomic E-state index is 11.8. The molecule has 3 fully saturated rings. The molecule has 1 atom stereocenters. The zero-order valence-corrected chi connectivity index (χ0v) is 15.0. The Hall–Kier alpha value is -1.92. The van der Waals surface area contributed by atoms with Gasteiger partial charge >= 0.3 is 5.97 Å². The Morgan fingerprint density at radius 1 is 1.36 bits per heavy atom. The number of aryl methyl sites for hydroxylation is 2. The van der Waals surface area contributed by atoms with Crippen LogP contribution in [0.4, 0.5) is 0 Å². The van der Waals surface area contributed by atoms with Crippen LogP contribution in [0, 0.1) is 12.8 Å². The second-order valence-corrected chi connectivity index (χ2v) is 7.34. The van der Waals surface area contributed by atoms with Gasteiger partial charge in [-0.15, -0.1) is 0 Å². The van der Waals surface area contributed by atoms with E-state index < -0.39 is 5.97 Å². The summed E-state index contributed by atoms with van der Waals surface area (Å²) in [5.74, 6) is -0.131. The number of benzene rings is 1. The van der Waals surface area contributed by atoms with E-state index in [2.05, 4.69) is 10.2 Å². The largest absolute Gasteiger partial charge is 0.478 e. The Morgan fingerprint density at radius 3 is 2.72 bits per heavy atom. The van der Waals surface area contributed by atoms with E-state index >= 15 is 0 Å². The van der Waals surface area contributed by atoms with Crippen molar-refractivity contribution in [3.05, 3.63) is 29.0 Å². The monoisotopic (exact) mass is 342 g/mol. The van der Waals surface area contributed by atoms with E-state index in [9.17, 15) is 9.90 Å². The van der Waals surface area contributed by atoms with Crippen LogP contribution < -0.4 is 5.32 Å². The highest BCUT2D eigenvalue weighted by Gasteiger charge is 2.34. The molecule has 0 aliphatic carbocycles. The van der Waals surface area contributed by atoms with E-state index in [0.717, 1.165) is 41.2 Å². The third kappa shape index (κ3) is 2.83. The summed E-state index contributed by atoms with van der Waals surface area (Å²) in [6.45, 7) is 8.80. The summed E-state index contributed by atoms with van der Waals surface area (Å²) in [5.41, 5.74) is 2.95. The summed E-state index contributed by atoms with van der Waals surface area (Å²) in [4.78, 5) is 14.4. The average molecular weight is 342 g/mol. The Bertz CT molecular complexity index is 805. The quantitative estimate of drug-likeness (QED) is 0.872. The van der Waals surface area contributed by atoms with Gasteiger partial charge in [-0.1, -0.05) is 6.07 Å². The molecular formula is C19H26N4O2. The third-order valence-corrected chi connectivity index (χ3v) is 5.90. The third-order valence-electron chi connectivity index (χ3n) is 5.90. The van der Waals surface area contributed by atoms with E-state index in [-0.39, 0.29) is 0 Å². The summed E-state index contributed by atoms with van der Waals surface area (Å²) >= 11 is 0. The first-order chi connectivity index (χ1) is 12.1. The number of hydrogen-bond acceptors (Lipinski definition) is 4. The number of piperidine rings is 3. The molecule has 1 aromatic carbocycles. The van der Waals surface area contributed by atoms with Gasteiger partial charge in [0.05, 0.1) is 16.8 Å². The van der Waals surface area contributed by atoms with Gasteiger partial charge in [0.15, 0.2) is 0 Å². The molecule has 4 heterocycles. The van der Waals surface area contributed by atoms with Gasteiger partial charge in [0.2, 0.25) is 0 Å². The summed E-state index contributed by atoms with van der Waals surface area (Å²) in [5, 5.41) is 18.9. The number of nitrogens with zero attached hydrogens (tertiary/aromatic N) is 3. The first kappa shape index (κ1) is 16.5. The molecule has 3 saturated heterocycles. The molecule has 5 rings (SSSR count). The van der Waals surface area contributed by atoms with Gasteiger partial charge < -0.3 is 15.3 Å². The molecule has 0 saturated carbocycles. The van der Waals surface area contributed by atoms with Gasteiger partial charge in [-0.25, -0.2) is 4.79 Å². The molecule has 6 heteroatoms. The number of rotatable bonds is 5. The number of fused-ring (bicyclic) bond motifs is 4. The fraction of sp³-hybridized carbons (Fsp3) is 0.579. The zero-order chi connectivity index (χ0) is 17.6. The Labute approximate surface area is 147 Å². The van der Waals surface area contributed by atoms with Crippen LogP contribution in [0.2, 0.25) is 0 Å². The van der Waals surface area contributed by atoms with Crippen LogP contribution in [-0.4, -0.2) is 51.4 Å². The molecule has 2 aromatic rings. The van der Waals surface area contributed by atoms with Crippen LogP contribution >= 0.6 is 0 Å². The molecule has 1 aromatic heterocycles. The molecule has 0 spiro atoms. The number of hydrogen-bond donors (Lipinski definition) is 2. The van der Waals surface area contributed by atoms with E-state index in [4.69, 9.17) is 5.10 Å². The van der Waals surface area contributed by atoms with E-state index in [1.807, 2.05) is 30.7 Å². The lowest BCUT2D eigenvalue weighted by Gasteiger charge is -2.45. The number of nitrogens with one attached hydrogen (secondary N) is 1. The van der Waals surface area contributed by atoms with Crippen molar-refractivity contribution in [3.8, 4) is 0 Å². The minimum Gasteiger partial charge on any atom is -0.478 e. The SMILES string of the molecule is CCn1nc(CNC2CN3CCC2CC3)c2c(C(=O)O)c(C)ccc21. The van der Waals surface area contributed by atoms with Crippen LogP contribution in [0.15, 0.2) is 12.1 Å². The minimum atomic E-state index is -0.872. The summed E-state index contributed by atoms with van der Waals surface area (Å²) < 4.78 is 1.91. The van der Waals surface area contributed by atoms with Crippen molar-refractivity contribution in [1.82, 2.24) is 20.0 Å². The highest BCUT2D eigenvalue weighted by atomic mass is 16.4. The second kappa shape index (κ2) is 6.42. The van der Waals surface area contributed by atoms with E-state index in [1.54, 1.807) is 0 Å². The standard InChI is InChI=1S/C19H26N4O2/c1-3-23-16-5-4-12(2)17(19(24)25)18(16)14(21-23)10-20-15-11-22-8-6-13(15)7-9-22/h4-5,13,15,20H,3,6-11H2,1-2H3,(H,24,25). The van der Waals surface area contributed by atoms with E-state index in [0.29, 0.717) is 18.2 Å². The maximum atomic E-state index is 11.8. The molecule has 25 heavy (non-hydrogen) atoms. The van der Waals surface area contributed by atoms with Gasteiger partial charge in [0.1, 0.15) is 0 Å². The fourth-order valence-electron chi connectivity index (χ4n) is 4.52. The molecule has 134 valence electrons. The smallest absolute Gasteiger partial charge is 0.336 e. The number of carboxylic acid groups (broad SMARTS) is 1. The topological polar surface area (TPSA) is 70.4 Å². The van der Waals surface area contributed by atoms with Crippen molar-refractivity contribution < 1.29 is 9.90 Å². The molecule has 3 aliphatic rings. The van der Waals surface area contributed by atoms with Gasteiger partial charge in [-0.05, 0) is 57.3 Å². The predicted octanol–water partition coefficient (Wildman–Crippen LogP) is 2.25. The molecule has 3 aliphatic heterocycles. The predicted molar refractivity (Wildman–Crippen MR) is 96.9 cm³/mol. The van der Waals surface area contributed by atoms with Crippen molar-refractivity contribution in [3.63, 3.8) is 0 Å². The normalized spacial score (nSPS) is 25.6. The number of aromatic nitrogens is 2. The molecule has 0 amide bonds. The lowest BCUT2D eigenvalue weighted by molar-refractivity contribution is 0.0697. The Balaban J connectivity index is 1.67. The van der Waals surface area contributed by atoms with Crippen LogP contribution in [0.3, 0.4) is 0 Å². The van der Waals surface area contributed by atoms with E-state index in [1.165, 1.54) is 25.9 Å². The minimum absolute atomic E-state index is 0.392. The number of aromatic carboxylic acids is 1. The van der Waals surface area contributed by atoms with Crippen LogP contribution in [0.1, 0.15) is 41.4 Å². The van der Waals surface area contributed by atoms with Crippen LogP contribution in [-0.2, 0) is 13.1 Å². The average Bonchev–Trinajstić information content (AvgIpc) is 2.98. The molecule has 2 N–H and O–H groups in total. The molecule has 0 radical (unpaired) electrons. The molecular weight excluding hydrogens is 316 g/mol. The first-order valence-corrected chi connectivity index (χ1v) is 9.26. The maximum Gasteiger partial charge on any atom is 0.336 e. The number of carbonyl (C=O) groups is 1. The molecule has 6 nitrogen and oxygen atoms in total. The highest BCUT2D eigenvalue weighted by Crippen LogP contribution is 2.29. The van der Waals surface area contributed by atoms with Crippen molar-refractivity contribution >= 4 is 16.9 Å². The summed E-state index contributed by atoms with van der Waals surface area (Å²) in [6, 6.07) is 4.36. The van der Waals surface area contributed by atoms with Crippen molar-refractivity contribution in [2.45, 2.75) is 45.8 Å². The second-order valence-electron chi connectivity index (χ2n) is 7.34. The summed E-state index contributed by atoms with van der Waals surface area (Å²) in [6.07, 6.45) is 2.53. The van der Waals surface area contributed by atoms with Crippen molar-refractivity contribution in [1.29, 1.82) is 0 Å². The van der Waals surface area contributed by atoms with Crippen LogP contribution in [0.25, 0.3) is 10.9 Å². The highest BCUT2D eigenvalue weighted by molar-refractivity contribution is 6.05. The van der Waals surface area contributed by atoms with Crippen molar-refractivity contribution in [2.24, 2.45) is 5.92 Å². The van der Waals surface area contributed by atoms with Gasteiger partial charge in [-0.3, -0.25) is 4.68 Å². The Morgan fingerprint density at radius 2 is 2.12 bits per heavy atom. The van der Waals surface area contributed by atoms with Crippen LogP contribution in [0.5, 0.6) is 0 Å². The number of carboxylic acids is 1. The molecule has 1 unspecified atom stereocenters. The van der Waals surface area contributed by atoms with Gasteiger partial charge in [0, 0.05) is 31.1 Å². The zero-order valence-electron chi connectivity index (χ0n) is 15.0. The lowest BCUT2D eigenvalue weighted by atomic mass is 9.84.